The summed E-state index contributed by atoms with van der Waals surface area (Å²) in [5, 5.41) is 6.99. The fraction of sp³-hybridized carbons (Fsp3) is 0.375. The highest BCUT2D eigenvalue weighted by Crippen LogP contribution is 2.25. The lowest BCUT2D eigenvalue weighted by Crippen LogP contribution is -2.33. The molecule has 0 saturated carbocycles. The first-order valence-corrected chi connectivity index (χ1v) is 9.41. The molecule has 1 unspecified atom stereocenters. The Morgan fingerprint density at radius 3 is 2.62 bits per heavy atom. The van der Waals surface area contributed by atoms with Crippen LogP contribution in [0.4, 0.5) is 0 Å². The van der Waals surface area contributed by atoms with Gasteiger partial charge in [0, 0.05) is 20.8 Å². The van der Waals surface area contributed by atoms with Crippen LogP contribution in [-0.2, 0) is 12.8 Å². The normalized spacial score (nSPS) is 12.6. The lowest BCUT2D eigenvalue weighted by atomic mass is 10.0. The molecule has 1 nitrogen and oxygen atoms in total. The lowest BCUT2D eigenvalue weighted by molar-refractivity contribution is 0.507. The van der Waals surface area contributed by atoms with E-state index in [-0.39, 0.29) is 0 Å². The third-order valence-corrected chi connectivity index (χ3v) is 5.68. The van der Waals surface area contributed by atoms with Gasteiger partial charge in [-0.05, 0) is 65.5 Å². The molecule has 1 aromatic carbocycles. The maximum absolute atomic E-state index is 6.11. The Labute approximate surface area is 148 Å². The Morgan fingerprint density at radius 2 is 2.00 bits per heavy atom. The third kappa shape index (κ3) is 5.57. The van der Waals surface area contributed by atoms with Gasteiger partial charge >= 0.3 is 0 Å². The molecule has 5 heteroatoms. The van der Waals surface area contributed by atoms with Crippen LogP contribution in [0.3, 0.4) is 0 Å². The highest BCUT2D eigenvalue weighted by atomic mass is 79.9. The van der Waals surface area contributed by atoms with Crippen molar-refractivity contribution >= 4 is 50.5 Å². The molecule has 1 heterocycles. The van der Waals surface area contributed by atoms with Crippen LogP contribution in [0.25, 0.3) is 0 Å². The molecule has 0 fully saturated rings. The number of thiophene rings is 1. The van der Waals surface area contributed by atoms with Crippen molar-refractivity contribution in [2.24, 2.45) is 0 Å². The summed E-state index contributed by atoms with van der Waals surface area (Å²) in [5.74, 6) is 0. The molecular formula is C16H18BrCl2NS. The molecule has 1 atom stereocenters. The van der Waals surface area contributed by atoms with E-state index in [0.717, 1.165) is 30.3 Å². The zero-order valence-corrected chi connectivity index (χ0v) is 15.7. The van der Waals surface area contributed by atoms with Crippen LogP contribution in [0.5, 0.6) is 0 Å². The van der Waals surface area contributed by atoms with Crippen LogP contribution >= 0.6 is 50.5 Å². The molecule has 0 bridgehead atoms. The van der Waals surface area contributed by atoms with E-state index in [0.29, 0.717) is 16.1 Å². The smallest absolute Gasteiger partial charge is 0.0595 e. The van der Waals surface area contributed by atoms with E-state index in [4.69, 9.17) is 23.2 Å². The Kier molecular flexibility index (Phi) is 7.03. The van der Waals surface area contributed by atoms with Crippen molar-refractivity contribution in [3.63, 3.8) is 0 Å². The van der Waals surface area contributed by atoms with Crippen LogP contribution in [0, 0.1) is 0 Å². The van der Waals surface area contributed by atoms with Crippen LogP contribution < -0.4 is 5.32 Å². The minimum absolute atomic E-state index is 0.410. The monoisotopic (exact) mass is 405 g/mol. The molecule has 2 rings (SSSR count). The Balaban J connectivity index is 2.06. The van der Waals surface area contributed by atoms with Gasteiger partial charge in [-0.1, -0.05) is 36.2 Å². The zero-order chi connectivity index (χ0) is 15.2. The van der Waals surface area contributed by atoms with Gasteiger partial charge in [-0.3, -0.25) is 0 Å². The van der Waals surface area contributed by atoms with Crippen LogP contribution in [0.1, 0.15) is 23.8 Å². The van der Waals surface area contributed by atoms with E-state index in [1.165, 1.54) is 10.4 Å². The van der Waals surface area contributed by atoms with E-state index >= 15 is 0 Å². The Morgan fingerprint density at radius 1 is 1.19 bits per heavy atom. The van der Waals surface area contributed by atoms with Crippen molar-refractivity contribution in [2.75, 3.05) is 6.54 Å². The maximum atomic E-state index is 6.11. The average Bonchev–Trinajstić information content (AvgIpc) is 2.85. The first-order valence-electron chi connectivity index (χ1n) is 6.98. The number of nitrogens with one attached hydrogen (secondary N) is 1. The molecule has 2 aromatic rings. The second kappa shape index (κ2) is 8.54. The molecule has 0 saturated heterocycles. The number of hydrogen-bond acceptors (Lipinski definition) is 2. The molecular weight excluding hydrogens is 389 g/mol. The summed E-state index contributed by atoms with van der Waals surface area (Å²) >= 11 is 17.4. The first kappa shape index (κ1) is 17.3. The van der Waals surface area contributed by atoms with Gasteiger partial charge in [0.2, 0.25) is 0 Å². The van der Waals surface area contributed by atoms with E-state index in [1.807, 2.05) is 12.1 Å². The standard InChI is InChI=1S/C16H18BrCl2NS/c1-2-5-20-13(9-14-8-12(17)10-21-14)6-11-3-4-15(18)16(19)7-11/h3-4,7-8,10,13,20H,2,5-6,9H2,1H3. The fourth-order valence-electron chi connectivity index (χ4n) is 2.22. The molecule has 0 spiro atoms. The third-order valence-electron chi connectivity index (χ3n) is 3.22. The van der Waals surface area contributed by atoms with E-state index in [2.05, 4.69) is 45.7 Å². The predicted octanol–water partition coefficient (Wildman–Crippen LogP) is 5.97. The van der Waals surface area contributed by atoms with E-state index in [9.17, 15) is 0 Å². The molecule has 114 valence electrons. The van der Waals surface area contributed by atoms with Crippen LogP contribution in [-0.4, -0.2) is 12.6 Å². The average molecular weight is 407 g/mol. The van der Waals surface area contributed by atoms with Crippen molar-refractivity contribution in [3.8, 4) is 0 Å². The number of hydrogen-bond donors (Lipinski definition) is 1. The molecule has 0 aliphatic heterocycles. The van der Waals surface area contributed by atoms with Gasteiger partial charge in [-0.25, -0.2) is 0 Å². The minimum atomic E-state index is 0.410. The summed E-state index contributed by atoms with van der Waals surface area (Å²) in [6, 6.07) is 8.50. The molecule has 0 aliphatic carbocycles. The van der Waals surface area contributed by atoms with Gasteiger partial charge in [-0.2, -0.15) is 0 Å². The fourth-order valence-corrected chi connectivity index (χ4v) is 4.07. The molecule has 1 N–H and O–H groups in total. The van der Waals surface area contributed by atoms with Gasteiger partial charge in [-0.15, -0.1) is 11.3 Å². The van der Waals surface area contributed by atoms with E-state index in [1.54, 1.807) is 11.3 Å². The summed E-state index contributed by atoms with van der Waals surface area (Å²) in [6.07, 6.45) is 3.11. The largest absolute Gasteiger partial charge is 0.313 e. The van der Waals surface area contributed by atoms with Gasteiger partial charge in [0.15, 0.2) is 0 Å². The topological polar surface area (TPSA) is 12.0 Å². The molecule has 0 radical (unpaired) electrons. The predicted molar refractivity (Wildman–Crippen MR) is 98.0 cm³/mol. The van der Waals surface area contributed by atoms with Crippen LogP contribution in [0.15, 0.2) is 34.1 Å². The van der Waals surface area contributed by atoms with Crippen molar-refractivity contribution in [3.05, 3.63) is 54.6 Å². The molecule has 21 heavy (non-hydrogen) atoms. The number of rotatable bonds is 7. The molecule has 0 amide bonds. The van der Waals surface area contributed by atoms with Gasteiger partial charge in [0.25, 0.3) is 0 Å². The highest BCUT2D eigenvalue weighted by molar-refractivity contribution is 9.10. The van der Waals surface area contributed by atoms with Crippen LogP contribution in [0.2, 0.25) is 10.0 Å². The second-order valence-corrected chi connectivity index (χ2v) is 7.76. The Hall–Kier alpha value is -0.0600. The summed E-state index contributed by atoms with van der Waals surface area (Å²) in [5.41, 5.74) is 1.22. The zero-order valence-electron chi connectivity index (χ0n) is 11.8. The van der Waals surface area contributed by atoms with Gasteiger partial charge < -0.3 is 5.32 Å². The SMILES string of the molecule is CCCNC(Cc1ccc(Cl)c(Cl)c1)Cc1cc(Br)cs1. The van der Waals surface area contributed by atoms with Crippen molar-refractivity contribution < 1.29 is 0 Å². The van der Waals surface area contributed by atoms with E-state index < -0.39 is 0 Å². The number of benzene rings is 1. The number of halogens is 3. The molecule has 1 aromatic heterocycles. The summed E-state index contributed by atoms with van der Waals surface area (Å²) in [7, 11) is 0. The summed E-state index contributed by atoms with van der Waals surface area (Å²) in [6.45, 7) is 3.21. The second-order valence-electron chi connectivity index (χ2n) is 5.04. The van der Waals surface area contributed by atoms with Crippen molar-refractivity contribution in [2.45, 2.75) is 32.2 Å². The van der Waals surface area contributed by atoms with Gasteiger partial charge in [0.1, 0.15) is 0 Å². The summed E-state index contributed by atoms with van der Waals surface area (Å²) < 4.78 is 1.16. The Bertz CT molecular complexity index is 585. The quantitative estimate of drug-likeness (QED) is 0.596. The van der Waals surface area contributed by atoms with Gasteiger partial charge in [0.05, 0.1) is 10.0 Å². The minimum Gasteiger partial charge on any atom is -0.313 e. The maximum Gasteiger partial charge on any atom is 0.0595 e. The molecule has 0 aliphatic rings. The van der Waals surface area contributed by atoms with Crippen molar-refractivity contribution in [1.82, 2.24) is 5.32 Å². The highest BCUT2D eigenvalue weighted by Gasteiger charge is 2.12. The first-order chi connectivity index (χ1) is 10.1. The lowest BCUT2D eigenvalue weighted by Gasteiger charge is -2.18. The van der Waals surface area contributed by atoms with Crippen molar-refractivity contribution in [1.29, 1.82) is 0 Å². The summed E-state index contributed by atoms with van der Waals surface area (Å²) in [4.78, 5) is 1.38.